The van der Waals surface area contributed by atoms with E-state index in [2.05, 4.69) is 0 Å². The van der Waals surface area contributed by atoms with Crippen LogP contribution in [0, 0.1) is 0 Å². The number of para-hydroxylation sites is 1. The van der Waals surface area contributed by atoms with Gasteiger partial charge < -0.3 is 18.6 Å². The van der Waals surface area contributed by atoms with Crippen molar-refractivity contribution in [2.45, 2.75) is 33.5 Å². The second-order valence-electron chi connectivity index (χ2n) is 6.41. The molecule has 6 heteroatoms. The summed E-state index contributed by atoms with van der Waals surface area (Å²) >= 11 is 0. The Labute approximate surface area is 169 Å². The molecule has 0 amide bonds. The van der Waals surface area contributed by atoms with Crippen molar-refractivity contribution in [1.29, 1.82) is 0 Å². The number of benzene rings is 2. The van der Waals surface area contributed by atoms with Crippen LogP contribution < -0.4 is 4.74 Å². The van der Waals surface area contributed by atoms with Crippen LogP contribution in [0.5, 0.6) is 5.75 Å². The summed E-state index contributed by atoms with van der Waals surface area (Å²) in [5.74, 6) is -0.255. The molecule has 1 atom stereocenters. The second kappa shape index (κ2) is 9.39. The molecule has 1 heterocycles. The number of furan rings is 1. The minimum atomic E-state index is -0.964. The molecule has 0 aliphatic carbocycles. The second-order valence-corrected chi connectivity index (χ2v) is 6.41. The van der Waals surface area contributed by atoms with Crippen LogP contribution in [0.15, 0.2) is 52.9 Å². The predicted molar refractivity (Wildman–Crippen MR) is 108 cm³/mol. The average molecular weight is 396 g/mol. The highest BCUT2D eigenvalue weighted by Crippen LogP contribution is 2.27. The molecule has 0 N–H and O–H groups in total. The molecule has 3 aromatic rings. The van der Waals surface area contributed by atoms with Crippen molar-refractivity contribution in [3.63, 3.8) is 0 Å². The quantitative estimate of drug-likeness (QED) is 0.382. The molecule has 0 aliphatic heterocycles. The van der Waals surface area contributed by atoms with Crippen LogP contribution >= 0.6 is 0 Å². The number of esters is 1. The Morgan fingerprint density at radius 2 is 1.72 bits per heavy atom. The van der Waals surface area contributed by atoms with Crippen LogP contribution in [-0.2, 0) is 16.1 Å². The molecule has 2 aromatic carbocycles. The van der Waals surface area contributed by atoms with Gasteiger partial charge in [-0.25, -0.2) is 4.79 Å². The van der Waals surface area contributed by atoms with Gasteiger partial charge >= 0.3 is 5.97 Å². The van der Waals surface area contributed by atoms with Crippen molar-refractivity contribution < 1.29 is 28.2 Å². The summed E-state index contributed by atoms with van der Waals surface area (Å²) in [5, 5.41) is 0.790. The van der Waals surface area contributed by atoms with Crippen LogP contribution in [0.4, 0.5) is 0 Å². The van der Waals surface area contributed by atoms with Gasteiger partial charge in [0.05, 0.1) is 13.2 Å². The van der Waals surface area contributed by atoms with Crippen molar-refractivity contribution >= 4 is 22.7 Å². The molecule has 0 radical (unpaired) electrons. The lowest BCUT2D eigenvalue weighted by molar-refractivity contribution is 0.0285. The van der Waals surface area contributed by atoms with Gasteiger partial charge in [0.25, 0.3) is 0 Å². The lowest BCUT2D eigenvalue weighted by Crippen LogP contribution is -2.24. The summed E-state index contributed by atoms with van der Waals surface area (Å²) in [5.41, 5.74) is 1.63. The fourth-order valence-electron chi connectivity index (χ4n) is 3.00. The number of hydrogen-bond donors (Lipinski definition) is 0. The number of fused-ring (bicyclic) bond motifs is 1. The summed E-state index contributed by atoms with van der Waals surface area (Å²) in [6, 6.07) is 14.0. The molecule has 152 valence electrons. The number of hydrogen-bond acceptors (Lipinski definition) is 6. The van der Waals surface area contributed by atoms with E-state index in [1.54, 1.807) is 37.3 Å². The maximum atomic E-state index is 12.7. The van der Waals surface area contributed by atoms with Gasteiger partial charge in [0, 0.05) is 23.1 Å². The number of carbonyl (C=O) groups excluding carboxylic acids is 2. The van der Waals surface area contributed by atoms with E-state index in [-0.39, 0.29) is 18.2 Å². The van der Waals surface area contributed by atoms with Crippen LogP contribution in [0.3, 0.4) is 0 Å². The molecule has 0 saturated heterocycles. The number of ether oxygens (including phenoxy) is 3. The third-order valence-electron chi connectivity index (χ3n) is 4.44. The zero-order valence-corrected chi connectivity index (χ0v) is 16.8. The first kappa shape index (κ1) is 20.6. The highest BCUT2D eigenvalue weighted by molar-refractivity contribution is 6.02. The molecule has 1 aromatic heterocycles. The van der Waals surface area contributed by atoms with Gasteiger partial charge in [0.2, 0.25) is 11.5 Å². The third kappa shape index (κ3) is 4.66. The van der Waals surface area contributed by atoms with Crippen molar-refractivity contribution in [3.8, 4) is 5.75 Å². The number of carbonyl (C=O) groups is 2. The van der Waals surface area contributed by atoms with Gasteiger partial charge in [-0.05, 0) is 51.1 Å². The molecule has 6 nitrogen and oxygen atoms in total. The minimum Gasteiger partial charge on any atom is -0.494 e. The lowest BCUT2D eigenvalue weighted by Gasteiger charge is -2.12. The first-order valence-electron chi connectivity index (χ1n) is 9.61. The Kier molecular flexibility index (Phi) is 6.67. The van der Waals surface area contributed by atoms with E-state index in [0.717, 1.165) is 5.39 Å². The number of Topliss-reactive ketones (excluding diaryl/α,β-unsaturated/α-hetero) is 1. The summed E-state index contributed by atoms with van der Waals surface area (Å²) in [6.45, 7) is 6.57. The van der Waals surface area contributed by atoms with E-state index in [9.17, 15) is 9.59 Å². The van der Waals surface area contributed by atoms with Crippen molar-refractivity contribution in [1.82, 2.24) is 0 Å². The van der Waals surface area contributed by atoms with Crippen LogP contribution in [0.1, 0.15) is 47.2 Å². The van der Waals surface area contributed by atoms with Crippen molar-refractivity contribution in [2.24, 2.45) is 0 Å². The fraction of sp³-hybridized carbons (Fsp3) is 0.304. The fourth-order valence-corrected chi connectivity index (χ4v) is 3.00. The van der Waals surface area contributed by atoms with Gasteiger partial charge in [-0.1, -0.05) is 18.2 Å². The molecule has 29 heavy (non-hydrogen) atoms. The highest BCUT2D eigenvalue weighted by Gasteiger charge is 2.26. The van der Waals surface area contributed by atoms with Gasteiger partial charge in [-0.3, -0.25) is 4.79 Å². The van der Waals surface area contributed by atoms with E-state index >= 15 is 0 Å². The van der Waals surface area contributed by atoms with E-state index in [0.29, 0.717) is 35.7 Å². The van der Waals surface area contributed by atoms with E-state index < -0.39 is 12.1 Å². The van der Waals surface area contributed by atoms with E-state index in [4.69, 9.17) is 18.6 Å². The molecule has 0 unspecified atom stereocenters. The Hall–Kier alpha value is -3.12. The van der Waals surface area contributed by atoms with E-state index in [1.807, 2.05) is 32.0 Å². The molecule has 0 aliphatic rings. The van der Waals surface area contributed by atoms with Crippen LogP contribution in [0.2, 0.25) is 0 Å². The Bertz CT molecular complexity index is 986. The smallest absolute Gasteiger partial charge is 0.375 e. The van der Waals surface area contributed by atoms with Crippen molar-refractivity contribution in [3.05, 3.63) is 65.4 Å². The molecule has 0 saturated carbocycles. The molecule has 0 fully saturated rings. The molecular weight excluding hydrogens is 372 g/mol. The largest absolute Gasteiger partial charge is 0.494 e. The molecular formula is C23H24O6. The first-order valence-corrected chi connectivity index (χ1v) is 9.61. The van der Waals surface area contributed by atoms with Crippen LogP contribution in [-0.4, -0.2) is 31.1 Å². The van der Waals surface area contributed by atoms with Gasteiger partial charge in [-0.2, -0.15) is 0 Å². The summed E-state index contributed by atoms with van der Waals surface area (Å²) in [6.07, 6.45) is -0.964. The van der Waals surface area contributed by atoms with Crippen molar-refractivity contribution in [2.75, 3.05) is 13.2 Å². The molecule has 0 spiro atoms. The number of rotatable bonds is 9. The normalized spacial score (nSPS) is 12.0. The monoisotopic (exact) mass is 396 g/mol. The average Bonchev–Trinajstić information content (AvgIpc) is 3.11. The van der Waals surface area contributed by atoms with E-state index in [1.165, 1.54) is 0 Å². The minimum absolute atomic E-state index is 0.0611. The first-order chi connectivity index (χ1) is 14.0. The van der Waals surface area contributed by atoms with Gasteiger partial charge in [0.1, 0.15) is 11.3 Å². The molecule has 3 rings (SSSR count). The highest BCUT2D eigenvalue weighted by atomic mass is 16.6. The van der Waals surface area contributed by atoms with Gasteiger partial charge in [-0.15, -0.1) is 0 Å². The third-order valence-corrected chi connectivity index (χ3v) is 4.44. The summed E-state index contributed by atoms with van der Waals surface area (Å²) in [4.78, 5) is 25.4. The van der Waals surface area contributed by atoms with Crippen LogP contribution in [0.25, 0.3) is 11.0 Å². The zero-order valence-electron chi connectivity index (χ0n) is 16.8. The Morgan fingerprint density at radius 1 is 1.00 bits per heavy atom. The standard InChI is InChI=1S/C23H24O6/c1-4-26-14-19-18-8-6-7-9-20(18)29-22(19)23(25)28-15(3)21(24)16-10-12-17(13-11-16)27-5-2/h6-13,15H,4-5,14H2,1-3H3/t15-/m0/s1. The SMILES string of the molecule is CCOCc1c(C(=O)O[C@@H](C)C(=O)c2ccc(OCC)cc2)oc2ccccc12. The van der Waals surface area contributed by atoms with Gasteiger partial charge in [0.15, 0.2) is 6.10 Å². The lowest BCUT2D eigenvalue weighted by atomic mass is 10.1. The topological polar surface area (TPSA) is 75.0 Å². The maximum absolute atomic E-state index is 12.7. The number of ketones is 1. The zero-order chi connectivity index (χ0) is 20.8. The predicted octanol–water partition coefficient (Wildman–Crippen LogP) is 4.80. The summed E-state index contributed by atoms with van der Waals surface area (Å²) < 4.78 is 22.0. The molecule has 0 bridgehead atoms. The maximum Gasteiger partial charge on any atom is 0.375 e. The summed E-state index contributed by atoms with van der Waals surface area (Å²) in [7, 11) is 0. The Morgan fingerprint density at radius 3 is 2.41 bits per heavy atom. The Balaban J connectivity index is 1.77.